The number of carbonyl (C=O) groups excluding carboxylic acids is 2. The zero-order chi connectivity index (χ0) is 15.3. The molecule has 0 rings (SSSR count). The van der Waals surface area contributed by atoms with Crippen molar-refractivity contribution in [3.8, 4) is 0 Å². The molecule has 0 aromatic carbocycles. The van der Waals surface area contributed by atoms with Crippen LogP contribution in [0.5, 0.6) is 0 Å². The average Bonchev–Trinajstić information content (AvgIpc) is 2.25. The van der Waals surface area contributed by atoms with Crippen molar-refractivity contribution in [1.82, 2.24) is 0 Å². The maximum Gasteiger partial charge on any atom is 0.192 e. The molecule has 0 aliphatic heterocycles. The maximum atomic E-state index is 12.1. The first-order valence-electron chi connectivity index (χ1n) is 7.05. The SMILES string of the molecule is CC(C)(CO[Si](C)(C)C(C)(C)C)C(=O)CCCC=O. The third-order valence-corrected chi connectivity index (χ3v) is 8.56. The van der Waals surface area contributed by atoms with Crippen molar-refractivity contribution >= 4 is 20.4 Å². The fourth-order valence-electron chi connectivity index (χ4n) is 1.34. The first-order chi connectivity index (χ1) is 8.44. The van der Waals surface area contributed by atoms with Crippen molar-refractivity contribution in [3.63, 3.8) is 0 Å². The summed E-state index contributed by atoms with van der Waals surface area (Å²) in [6.07, 6.45) is 2.44. The summed E-state index contributed by atoms with van der Waals surface area (Å²) in [4.78, 5) is 22.4. The second kappa shape index (κ2) is 6.80. The number of carbonyl (C=O) groups is 2. The third-order valence-electron chi connectivity index (χ3n) is 4.08. The van der Waals surface area contributed by atoms with Gasteiger partial charge >= 0.3 is 0 Å². The molecule has 0 spiro atoms. The van der Waals surface area contributed by atoms with E-state index in [0.29, 0.717) is 25.9 Å². The highest BCUT2D eigenvalue weighted by molar-refractivity contribution is 6.74. The minimum absolute atomic E-state index is 0.156. The molecule has 3 nitrogen and oxygen atoms in total. The first kappa shape index (κ1) is 18.5. The molecule has 0 aliphatic rings. The Hall–Kier alpha value is -0.483. The van der Waals surface area contributed by atoms with Crippen molar-refractivity contribution in [2.75, 3.05) is 6.61 Å². The van der Waals surface area contributed by atoms with Crippen LogP contribution in [0.2, 0.25) is 18.1 Å². The average molecular weight is 286 g/mol. The topological polar surface area (TPSA) is 43.4 Å². The second-order valence-corrected chi connectivity index (χ2v) is 12.2. The van der Waals surface area contributed by atoms with Crippen LogP contribution < -0.4 is 0 Å². The van der Waals surface area contributed by atoms with E-state index in [1.807, 2.05) is 13.8 Å². The number of hydrogen-bond acceptors (Lipinski definition) is 3. The predicted octanol–water partition coefficient (Wildman–Crippen LogP) is 3.97. The Morgan fingerprint density at radius 1 is 1.16 bits per heavy atom. The molecule has 0 aromatic heterocycles. The van der Waals surface area contributed by atoms with Crippen LogP contribution in [0, 0.1) is 5.41 Å². The summed E-state index contributed by atoms with van der Waals surface area (Å²) in [7, 11) is -1.81. The minimum Gasteiger partial charge on any atom is -0.416 e. The van der Waals surface area contributed by atoms with E-state index < -0.39 is 13.7 Å². The Bertz CT molecular complexity index is 314. The number of unbranched alkanes of at least 4 members (excludes halogenated alkanes) is 1. The molecule has 0 bridgehead atoms. The van der Waals surface area contributed by atoms with E-state index in [9.17, 15) is 9.59 Å². The second-order valence-electron chi connectivity index (χ2n) is 7.41. The fourth-order valence-corrected chi connectivity index (χ4v) is 2.50. The summed E-state index contributed by atoms with van der Waals surface area (Å²) in [5.74, 6) is 0.188. The molecule has 0 aliphatic carbocycles. The fraction of sp³-hybridized carbons (Fsp3) is 0.867. The van der Waals surface area contributed by atoms with Crippen LogP contribution in [0.1, 0.15) is 53.9 Å². The molecule has 0 radical (unpaired) electrons. The summed E-state index contributed by atoms with van der Waals surface area (Å²) in [6, 6.07) is 0. The summed E-state index contributed by atoms with van der Waals surface area (Å²) < 4.78 is 6.13. The van der Waals surface area contributed by atoms with Crippen molar-refractivity contribution in [2.24, 2.45) is 5.41 Å². The molecular formula is C15H30O3Si. The molecular weight excluding hydrogens is 256 g/mol. The molecule has 0 heterocycles. The number of aldehydes is 1. The summed E-state index contributed by atoms with van der Waals surface area (Å²) in [5, 5.41) is 0.156. The monoisotopic (exact) mass is 286 g/mol. The van der Waals surface area contributed by atoms with Crippen molar-refractivity contribution in [3.05, 3.63) is 0 Å². The number of rotatable bonds is 8. The van der Waals surface area contributed by atoms with Gasteiger partial charge in [-0.25, -0.2) is 0 Å². The van der Waals surface area contributed by atoms with Gasteiger partial charge in [-0.2, -0.15) is 0 Å². The lowest BCUT2D eigenvalue weighted by molar-refractivity contribution is -0.128. The van der Waals surface area contributed by atoms with E-state index >= 15 is 0 Å². The van der Waals surface area contributed by atoms with E-state index in [-0.39, 0.29) is 10.8 Å². The zero-order valence-corrected chi connectivity index (χ0v) is 14.6. The van der Waals surface area contributed by atoms with Crippen LogP contribution in [0.25, 0.3) is 0 Å². The number of ketones is 1. The lowest BCUT2D eigenvalue weighted by Crippen LogP contribution is -2.44. The predicted molar refractivity (Wildman–Crippen MR) is 81.9 cm³/mol. The Morgan fingerprint density at radius 2 is 1.68 bits per heavy atom. The molecule has 0 N–H and O–H groups in total. The molecule has 0 unspecified atom stereocenters. The van der Waals surface area contributed by atoms with Gasteiger partial charge in [0.05, 0.1) is 0 Å². The highest BCUT2D eigenvalue weighted by Crippen LogP contribution is 2.37. The van der Waals surface area contributed by atoms with Gasteiger partial charge in [0.2, 0.25) is 0 Å². The van der Waals surface area contributed by atoms with Gasteiger partial charge in [-0.05, 0) is 24.6 Å². The van der Waals surface area contributed by atoms with E-state index in [2.05, 4.69) is 33.9 Å². The Balaban J connectivity index is 4.45. The van der Waals surface area contributed by atoms with Crippen LogP contribution in [0.4, 0.5) is 0 Å². The standard InChI is InChI=1S/C15H30O3Si/c1-14(2,3)19(6,7)18-12-15(4,5)13(17)10-8-9-11-16/h11H,8-10,12H2,1-7H3. The summed E-state index contributed by atoms with van der Waals surface area (Å²) in [5.41, 5.74) is -0.460. The molecule has 0 aromatic rings. The van der Waals surface area contributed by atoms with Crippen LogP contribution in [-0.4, -0.2) is 27.0 Å². The molecule has 19 heavy (non-hydrogen) atoms. The van der Waals surface area contributed by atoms with Crippen molar-refractivity contribution in [1.29, 1.82) is 0 Å². The zero-order valence-electron chi connectivity index (χ0n) is 13.6. The molecule has 0 saturated heterocycles. The van der Waals surface area contributed by atoms with Gasteiger partial charge in [0.1, 0.15) is 12.1 Å². The highest BCUT2D eigenvalue weighted by Gasteiger charge is 2.39. The summed E-state index contributed by atoms with van der Waals surface area (Å²) in [6.45, 7) is 15.3. The van der Waals surface area contributed by atoms with Gasteiger partial charge in [-0.1, -0.05) is 34.6 Å². The minimum atomic E-state index is -1.81. The summed E-state index contributed by atoms with van der Waals surface area (Å²) >= 11 is 0. The largest absolute Gasteiger partial charge is 0.416 e. The van der Waals surface area contributed by atoms with Crippen LogP contribution in [0.3, 0.4) is 0 Å². The maximum absolute atomic E-state index is 12.1. The highest BCUT2D eigenvalue weighted by atomic mass is 28.4. The normalized spacial score (nSPS) is 13.4. The first-order valence-corrected chi connectivity index (χ1v) is 9.96. The van der Waals surface area contributed by atoms with Gasteiger partial charge in [0.15, 0.2) is 8.32 Å². The van der Waals surface area contributed by atoms with Gasteiger partial charge in [-0.3, -0.25) is 4.79 Å². The molecule has 0 saturated carbocycles. The van der Waals surface area contributed by atoms with Gasteiger partial charge in [0.25, 0.3) is 0 Å². The number of hydrogen-bond donors (Lipinski definition) is 0. The molecule has 112 valence electrons. The van der Waals surface area contributed by atoms with E-state index in [0.717, 1.165) is 6.29 Å². The lowest BCUT2D eigenvalue weighted by atomic mass is 9.86. The van der Waals surface area contributed by atoms with Crippen LogP contribution >= 0.6 is 0 Å². The van der Waals surface area contributed by atoms with E-state index in [1.54, 1.807) is 0 Å². The van der Waals surface area contributed by atoms with Crippen molar-refractivity contribution in [2.45, 2.75) is 72.0 Å². The molecule has 0 fully saturated rings. The smallest absolute Gasteiger partial charge is 0.192 e. The lowest BCUT2D eigenvalue weighted by Gasteiger charge is -2.38. The van der Waals surface area contributed by atoms with Crippen molar-refractivity contribution < 1.29 is 14.0 Å². The van der Waals surface area contributed by atoms with Crippen LogP contribution in [0.15, 0.2) is 0 Å². The van der Waals surface area contributed by atoms with E-state index in [4.69, 9.17) is 4.43 Å². The Kier molecular flexibility index (Phi) is 6.62. The van der Waals surface area contributed by atoms with E-state index in [1.165, 1.54) is 0 Å². The molecule has 4 heteroatoms. The van der Waals surface area contributed by atoms with Gasteiger partial charge < -0.3 is 9.22 Å². The Morgan fingerprint density at radius 3 is 2.11 bits per heavy atom. The quantitative estimate of drug-likeness (QED) is 0.385. The molecule has 0 amide bonds. The number of Topliss-reactive ketones (excluding diaryl/α,β-unsaturated/α-hetero) is 1. The van der Waals surface area contributed by atoms with Gasteiger partial charge in [-0.15, -0.1) is 0 Å². The molecule has 0 atom stereocenters. The third kappa shape index (κ3) is 6.00. The van der Waals surface area contributed by atoms with Gasteiger partial charge in [0, 0.05) is 24.9 Å². The Labute approximate surface area is 119 Å². The van der Waals surface area contributed by atoms with Crippen LogP contribution in [-0.2, 0) is 14.0 Å².